The molecule has 0 spiro atoms. The van der Waals surface area contributed by atoms with E-state index in [4.69, 9.17) is 0 Å². The van der Waals surface area contributed by atoms with Crippen LogP contribution in [0.5, 0.6) is 0 Å². The zero-order valence-electron chi connectivity index (χ0n) is 19.2. The van der Waals surface area contributed by atoms with Gasteiger partial charge in [0.15, 0.2) is 0 Å². The predicted octanol–water partition coefficient (Wildman–Crippen LogP) is 3.68. The predicted molar refractivity (Wildman–Crippen MR) is 125 cm³/mol. The van der Waals surface area contributed by atoms with Crippen LogP contribution in [-0.2, 0) is 26.8 Å². The second kappa shape index (κ2) is 10.7. The molecule has 1 atom stereocenters. The lowest BCUT2D eigenvalue weighted by Gasteiger charge is -2.22. The van der Waals surface area contributed by atoms with Crippen molar-refractivity contribution < 1.29 is 27.3 Å². The lowest BCUT2D eigenvalue weighted by molar-refractivity contribution is -0.137. The molecule has 2 amide bonds. The molecule has 0 aliphatic carbocycles. The zero-order valence-corrected chi connectivity index (χ0v) is 20.1. The van der Waals surface area contributed by atoms with Crippen molar-refractivity contribution in [2.45, 2.75) is 18.6 Å². The van der Waals surface area contributed by atoms with Gasteiger partial charge in [0.25, 0.3) is 5.91 Å². The number of alkyl halides is 3. The third-order valence-corrected chi connectivity index (χ3v) is 6.51. The molecule has 10 heteroatoms. The Hall–Kier alpha value is -3.37. The Morgan fingerprint density at radius 2 is 1.71 bits per heavy atom. The SMILES string of the molecule is CN(C)C(=O)[C@@H](Cc1ccc(C(F)(F)F)cc1)NC(=O)/C(C#N)=C/c1ccccc1P(C)(C)=O. The largest absolute Gasteiger partial charge is 0.416 e. The smallest absolute Gasteiger partial charge is 0.347 e. The van der Waals surface area contributed by atoms with Crippen LogP contribution in [0.4, 0.5) is 13.2 Å². The second-order valence-electron chi connectivity index (χ2n) is 8.24. The first-order valence-corrected chi connectivity index (χ1v) is 12.8. The number of carbonyl (C=O) groups is 2. The van der Waals surface area contributed by atoms with Crippen molar-refractivity contribution in [2.24, 2.45) is 0 Å². The van der Waals surface area contributed by atoms with E-state index in [1.807, 2.05) is 0 Å². The maximum absolute atomic E-state index is 12.9. The normalized spacial score (nSPS) is 13.1. The van der Waals surface area contributed by atoms with Crippen LogP contribution >= 0.6 is 7.14 Å². The molecule has 0 saturated heterocycles. The molecule has 0 unspecified atom stereocenters. The minimum atomic E-state index is -4.49. The molecule has 180 valence electrons. The highest BCUT2D eigenvalue weighted by molar-refractivity contribution is 7.70. The minimum Gasteiger partial charge on any atom is -0.347 e. The van der Waals surface area contributed by atoms with E-state index in [2.05, 4.69) is 5.32 Å². The summed E-state index contributed by atoms with van der Waals surface area (Å²) < 4.78 is 51.0. The number of amides is 2. The lowest BCUT2D eigenvalue weighted by atomic mass is 10.0. The fourth-order valence-electron chi connectivity index (χ4n) is 3.22. The van der Waals surface area contributed by atoms with Crippen molar-refractivity contribution in [1.82, 2.24) is 10.2 Å². The molecule has 1 N–H and O–H groups in total. The molecule has 0 heterocycles. The molecule has 2 aromatic carbocycles. The van der Waals surface area contributed by atoms with Crippen molar-refractivity contribution in [2.75, 3.05) is 27.4 Å². The first-order valence-electron chi connectivity index (χ1n) is 10.2. The van der Waals surface area contributed by atoms with Crippen molar-refractivity contribution in [3.05, 3.63) is 70.8 Å². The Kier molecular flexibility index (Phi) is 8.46. The van der Waals surface area contributed by atoms with Crippen LogP contribution in [-0.4, -0.2) is 50.2 Å². The average Bonchev–Trinajstić information content (AvgIpc) is 2.75. The van der Waals surface area contributed by atoms with E-state index in [0.29, 0.717) is 16.4 Å². The minimum absolute atomic E-state index is 0.0741. The first-order chi connectivity index (χ1) is 15.7. The Morgan fingerprint density at radius 3 is 2.21 bits per heavy atom. The molecule has 0 radical (unpaired) electrons. The number of likely N-dealkylation sites (N-methyl/N-ethyl adjacent to an activating group) is 1. The number of hydrogen-bond acceptors (Lipinski definition) is 4. The third kappa shape index (κ3) is 7.06. The molecule has 2 rings (SSSR count). The Balaban J connectivity index is 2.33. The maximum atomic E-state index is 12.9. The number of carbonyl (C=O) groups excluding carboxylic acids is 2. The van der Waals surface area contributed by atoms with Crippen LogP contribution in [0.2, 0.25) is 0 Å². The summed E-state index contributed by atoms with van der Waals surface area (Å²) >= 11 is 0. The van der Waals surface area contributed by atoms with E-state index in [9.17, 15) is 32.6 Å². The van der Waals surface area contributed by atoms with E-state index in [1.165, 1.54) is 37.2 Å². The molecular formula is C24H25F3N3O3P. The van der Waals surface area contributed by atoms with E-state index in [0.717, 1.165) is 12.1 Å². The van der Waals surface area contributed by atoms with Gasteiger partial charge in [0, 0.05) is 25.8 Å². The van der Waals surface area contributed by atoms with E-state index in [1.54, 1.807) is 43.7 Å². The summed E-state index contributed by atoms with van der Waals surface area (Å²) in [6, 6.07) is 11.6. The van der Waals surface area contributed by atoms with Crippen molar-refractivity contribution in [3.8, 4) is 6.07 Å². The summed E-state index contributed by atoms with van der Waals surface area (Å²) in [4.78, 5) is 26.8. The molecule has 0 bridgehead atoms. The number of rotatable bonds is 7. The van der Waals surface area contributed by atoms with Gasteiger partial charge in [-0.15, -0.1) is 0 Å². The van der Waals surface area contributed by atoms with Crippen LogP contribution in [0.1, 0.15) is 16.7 Å². The topological polar surface area (TPSA) is 90.3 Å². The summed E-state index contributed by atoms with van der Waals surface area (Å²) in [6.07, 6.45) is -3.26. The van der Waals surface area contributed by atoms with Crippen molar-refractivity contribution in [3.63, 3.8) is 0 Å². The highest BCUT2D eigenvalue weighted by Crippen LogP contribution is 2.36. The third-order valence-electron chi connectivity index (χ3n) is 4.95. The molecular weight excluding hydrogens is 466 g/mol. The van der Waals surface area contributed by atoms with Gasteiger partial charge in [-0.1, -0.05) is 36.4 Å². The van der Waals surface area contributed by atoms with Gasteiger partial charge in [0.05, 0.1) is 5.56 Å². The molecule has 0 aliphatic rings. The standard InChI is InChI=1S/C24H25F3N3O3P/c1-30(2)23(32)20(13-16-9-11-19(12-10-16)24(25,26)27)29-22(31)18(15-28)14-17-7-5-6-8-21(17)34(3,4)33/h5-12,14,20H,13H2,1-4H3,(H,29,31)/b18-14+/t20-/m1/s1. The van der Waals surface area contributed by atoms with Gasteiger partial charge in [0.2, 0.25) is 5.91 Å². The van der Waals surface area contributed by atoms with Crippen LogP contribution in [0.25, 0.3) is 6.08 Å². The average molecular weight is 491 g/mol. The number of nitriles is 1. The molecule has 0 aliphatic heterocycles. The fourth-order valence-corrected chi connectivity index (χ4v) is 4.42. The molecule has 6 nitrogen and oxygen atoms in total. The van der Waals surface area contributed by atoms with Crippen LogP contribution < -0.4 is 10.6 Å². The van der Waals surface area contributed by atoms with Crippen molar-refractivity contribution in [1.29, 1.82) is 5.26 Å². The number of nitrogens with zero attached hydrogens (tertiary/aromatic N) is 2. The van der Waals surface area contributed by atoms with Gasteiger partial charge >= 0.3 is 6.18 Å². The second-order valence-corrected chi connectivity index (χ2v) is 11.4. The number of hydrogen-bond donors (Lipinski definition) is 1. The summed E-state index contributed by atoms with van der Waals surface area (Å²) in [6.45, 7) is 3.14. The molecule has 0 fully saturated rings. The summed E-state index contributed by atoms with van der Waals surface area (Å²) in [5.41, 5.74) is -0.279. The molecule has 0 saturated carbocycles. The maximum Gasteiger partial charge on any atom is 0.416 e. The highest BCUT2D eigenvalue weighted by atomic mass is 31.2. The van der Waals surface area contributed by atoms with Crippen LogP contribution in [0, 0.1) is 11.3 Å². The van der Waals surface area contributed by atoms with E-state index < -0.39 is 36.7 Å². The van der Waals surface area contributed by atoms with Gasteiger partial charge in [0.1, 0.15) is 24.8 Å². The lowest BCUT2D eigenvalue weighted by Crippen LogP contribution is -2.47. The number of benzene rings is 2. The zero-order chi connectivity index (χ0) is 25.7. The monoisotopic (exact) mass is 491 g/mol. The molecule has 2 aromatic rings. The van der Waals surface area contributed by atoms with Gasteiger partial charge in [-0.25, -0.2) is 0 Å². The summed E-state index contributed by atoms with van der Waals surface area (Å²) in [7, 11) is 0.258. The number of halogens is 3. The quantitative estimate of drug-likeness (QED) is 0.364. The summed E-state index contributed by atoms with van der Waals surface area (Å²) in [5, 5.41) is 12.6. The van der Waals surface area contributed by atoms with Gasteiger partial charge < -0.3 is 14.8 Å². The van der Waals surface area contributed by atoms with E-state index >= 15 is 0 Å². The fraction of sp³-hybridized carbons (Fsp3) is 0.292. The Bertz CT molecular complexity index is 1180. The van der Waals surface area contributed by atoms with Crippen molar-refractivity contribution >= 4 is 30.3 Å². The highest BCUT2D eigenvalue weighted by Gasteiger charge is 2.30. The number of nitrogens with one attached hydrogen (secondary N) is 1. The van der Waals surface area contributed by atoms with Gasteiger partial charge in [-0.3, -0.25) is 9.59 Å². The van der Waals surface area contributed by atoms with Crippen LogP contribution in [0.15, 0.2) is 54.1 Å². The Labute approximate surface area is 196 Å². The van der Waals surface area contributed by atoms with Gasteiger partial charge in [-0.05, 0) is 42.7 Å². The first kappa shape index (κ1) is 26.9. The Morgan fingerprint density at radius 1 is 1.12 bits per heavy atom. The van der Waals surface area contributed by atoms with Crippen LogP contribution in [0.3, 0.4) is 0 Å². The molecule has 0 aromatic heterocycles. The summed E-state index contributed by atoms with van der Waals surface area (Å²) in [5.74, 6) is -1.32. The van der Waals surface area contributed by atoms with Gasteiger partial charge in [-0.2, -0.15) is 18.4 Å². The van der Waals surface area contributed by atoms with E-state index in [-0.39, 0.29) is 12.0 Å². The molecule has 34 heavy (non-hydrogen) atoms.